The highest BCUT2D eigenvalue weighted by Gasteiger charge is 2.56. The molecular weight excluding hydrogens is 895 g/mol. The van der Waals surface area contributed by atoms with Crippen molar-refractivity contribution in [2.24, 2.45) is 17.2 Å². The molecule has 2 saturated carbocycles. The summed E-state index contributed by atoms with van der Waals surface area (Å²) >= 11 is 0. The molecule has 3 amide bonds. The summed E-state index contributed by atoms with van der Waals surface area (Å²) in [5.41, 5.74) is 29.6. The third-order valence-electron chi connectivity index (χ3n) is 16.9. The number of para-hydroxylation sites is 4. The molecule has 0 saturated heterocycles. The van der Waals surface area contributed by atoms with Crippen molar-refractivity contribution in [2.45, 2.75) is 87.9 Å². The molecule has 0 unspecified atom stereocenters. The van der Waals surface area contributed by atoms with Crippen LogP contribution < -0.4 is 27.8 Å². The number of hydrogen-bond donors (Lipinski definition) is 6. The molecule has 4 aliphatic heterocycles. The van der Waals surface area contributed by atoms with Crippen LogP contribution >= 0.6 is 0 Å². The van der Waals surface area contributed by atoms with E-state index in [4.69, 9.17) is 27.0 Å². The highest BCUT2D eigenvalue weighted by Crippen LogP contribution is 2.58. The van der Waals surface area contributed by atoms with Crippen LogP contribution in [-0.2, 0) is 27.4 Å². The van der Waals surface area contributed by atoms with E-state index in [2.05, 4.69) is 77.4 Å². The Bertz CT molecular complexity index is 4100. The van der Waals surface area contributed by atoms with Crippen LogP contribution in [0.1, 0.15) is 95.5 Å². The van der Waals surface area contributed by atoms with Crippen LogP contribution in [0.4, 0.5) is 0 Å². The zero-order chi connectivity index (χ0) is 48.6. The fraction of sp³-hybridized carbons (Fsp3) is 0.286. The highest BCUT2D eigenvalue weighted by molar-refractivity contribution is 6.32. The number of aliphatic hydroxyl groups is 1. The molecule has 0 spiro atoms. The van der Waals surface area contributed by atoms with E-state index in [0.717, 1.165) is 116 Å². The Kier molecular flexibility index (Phi) is 8.58. The molecule has 15 heteroatoms. The molecule has 15 nitrogen and oxygen atoms in total. The van der Waals surface area contributed by atoms with Crippen LogP contribution in [0.5, 0.6) is 0 Å². The third-order valence-corrected chi connectivity index (χ3v) is 16.9. The Hall–Kier alpha value is -7.72. The number of benzene rings is 6. The van der Waals surface area contributed by atoms with Gasteiger partial charge in [0.1, 0.15) is 11.1 Å². The Balaban J connectivity index is 0.000000126. The zero-order valence-electron chi connectivity index (χ0n) is 39.2. The van der Waals surface area contributed by atoms with Crippen LogP contribution in [-0.4, -0.2) is 71.4 Å². The van der Waals surface area contributed by atoms with Crippen LogP contribution in [0, 0.1) is 0 Å². The Morgan fingerprint density at radius 1 is 0.592 bits per heavy atom. The molecule has 9 N–H and O–H groups in total. The Labute approximate surface area is 405 Å². The number of nitrogens with zero attached hydrogens (tertiary/aromatic N) is 4. The van der Waals surface area contributed by atoms with E-state index in [1.165, 1.54) is 0 Å². The summed E-state index contributed by atoms with van der Waals surface area (Å²) in [7, 11) is 0. The lowest BCUT2D eigenvalue weighted by Crippen LogP contribution is -2.55. The number of amides is 3. The average molecular weight is 946 g/mol. The molecule has 8 heterocycles. The summed E-state index contributed by atoms with van der Waals surface area (Å²) < 4.78 is 14.8. The van der Waals surface area contributed by atoms with Gasteiger partial charge >= 0.3 is 5.97 Å². The minimum Gasteiger partial charge on any atom is -0.465 e. The van der Waals surface area contributed by atoms with Crippen molar-refractivity contribution in [2.75, 3.05) is 13.2 Å². The first-order valence-electron chi connectivity index (χ1n) is 24.7. The summed E-state index contributed by atoms with van der Waals surface area (Å²) in [6.07, 6.45) is 2.40. The molecule has 4 aromatic heterocycles. The molecular formula is C56H51N9O6. The summed E-state index contributed by atoms with van der Waals surface area (Å²) in [6.45, 7) is 5.04. The van der Waals surface area contributed by atoms with Gasteiger partial charge < -0.3 is 55.9 Å². The van der Waals surface area contributed by atoms with Crippen molar-refractivity contribution in [1.29, 1.82) is 0 Å². The van der Waals surface area contributed by atoms with E-state index in [1.54, 1.807) is 6.92 Å². The molecule has 6 aliphatic rings. The third kappa shape index (κ3) is 5.07. The number of nitrogens with two attached hydrogens (primary N) is 3. The van der Waals surface area contributed by atoms with Gasteiger partial charge in [0.25, 0.3) is 11.8 Å². The molecule has 10 aromatic rings. The smallest absolute Gasteiger partial charge is 0.328 e. The minimum atomic E-state index is -1.15. The summed E-state index contributed by atoms with van der Waals surface area (Å²) in [4.78, 5) is 52.5. The Morgan fingerprint density at radius 3 is 1.35 bits per heavy atom. The zero-order valence-corrected chi connectivity index (χ0v) is 39.2. The molecule has 6 atom stereocenters. The van der Waals surface area contributed by atoms with Crippen molar-refractivity contribution in [3.8, 4) is 0 Å². The van der Waals surface area contributed by atoms with Crippen LogP contribution in [0.15, 0.2) is 97.1 Å². The van der Waals surface area contributed by atoms with Gasteiger partial charge in [-0.15, -0.1) is 0 Å². The van der Waals surface area contributed by atoms with Gasteiger partial charge in [-0.1, -0.05) is 72.8 Å². The first kappa shape index (κ1) is 42.2. The van der Waals surface area contributed by atoms with E-state index >= 15 is 0 Å². The SMILES string of the molecule is CCO.CCOC(=O)[C@@]1(N)C[C@H]2C[C@@H]1n1c3ccccc3c3c4c(c5c6ccccc6n2c5c31)C(=O)NC4.NC(=O)[C@@]1(N)C[C@H]2C[C@@H]1n1c3ccccc3c3c4c(c5c6ccccc6n2c5c31)C(=O)NC4. The van der Waals surface area contributed by atoms with Crippen molar-refractivity contribution in [3.63, 3.8) is 0 Å². The predicted octanol–water partition coefficient (Wildman–Crippen LogP) is 7.51. The molecule has 2 fully saturated rings. The maximum atomic E-state index is 13.4. The molecule has 2 aliphatic carbocycles. The van der Waals surface area contributed by atoms with Gasteiger partial charge in [-0.2, -0.15) is 0 Å². The predicted molar refractivity (Wildman–Crippen MR) is 274 cm³/mol. The van der Waals surface area contributed by atoms with Crippen molar-refractivity contribution in [3.05, 3.63) is 119 Å². The van der Waals surface area contributed by atoms with Crippen LogP contribution in [0.3, 0.4) is 0 Å². The van der Waals surface area contributed by atoms with Gasteiger partial charge in [0, 0.05) is 96.9 Å². The second-order valence-electron chi connectivity index (χ2n) is 20.2. The second kappa shape index (κ2) is 14.4. The number of carbonyl (C=O) groups is 4. The summed E-state index contributed by atoms with van der Waals surface area (Å²) in [5, 5.41) is 22.2. The van der Waals surface area contributed by atoms with Crippen molar-refractivity contribution in [1.82, 2.24) is 28.9 Å². The van der Waals surface area contributed by atoms with Crippen LogP contribution in [0.25, 0.3) is 87.2 Å². The van der Waals surface area contributed by atoms with Gasteiger partial charge in [-0.3, -0.25) is 14.4 Å². The lowest BCUT2D eigenvalue weighted by atomic mass is 9.92. The number of esters is 1. The number of aliphatic hydroxyl groups excluding tert-OH is 1. The molecule has 71 heavy (non-hydrogen) atoms. The lowest BCUT2D eigenvalue weighted by Gasteiger charge is -2.32. The number of nitrogens with one attached hydrogen (secondary N) is 2. The van der Waals surface area contributed by atoms with Gasteiger partial charge in [0.2, 0.25) is 5.91 Å². The van der Waals surface area contributed by atoms with Gasteiger partial charge in [0.15, 0.2) is 0 Å². The fourth-order valence-electron chi connectivity index (χ4n) is 14.4. The van der Waals surface area contributed by atoms with Gasteiger partial charge in [-0.25, -0.2) is 4.79 Å². The Morgan fingerprint density at radius 2 is 0.944 bits per heavy atom. The fourth-order valence-corrected chi connectivity index (χ4v) is 14.4. The normalized spacial score (nSPS) is 24.2. The largest absolute Gasteiger partial charge is 0.465 e. The van der Waals surface area contributed by atoms with Crippen LogP contribution in [0.2, 0.25) is 0 Å². The summed E-state index contributed by atoms with van der Waals surface area (Å²) in [5.74, 6) is -0.843. The highest BCUT2D eigenvalue weighted by atomic mass is 16.5. The topological polar surface area (TPSA) is 220 Å². The van der Waals surface area contributed by atoms with Crippen molar-refractivity contribution >= 4 is 111 Å². The number of ether oxygens (including phenoxy) is 1. The molecule has 16 rings (SSSR count). The quantitative estimate of drug-likeness (QED) is 0.0972. The minimum absolute atomic E-state index is 0.0132. The van der Waals surface area contributed by atoms with E-state index in [-0.39, 0.29) is 48.6 Å². The van der Waals surface area contributed by atoms with Crippen molar-refractivity contribution < 1.29 is 29.0 Å². The number of fused-ring (bicyclic) bond motifs is 26. The summed E-state index contributed by atoms with van der Waals surface area (Å²) in [6, 6.07) is 32.6. The number of hydrogen-bond acceptors (Lipinski definition) is 8. The molecule has 6 aromatic carbocycles. The van der Waals surface area contributed by atoms with E-state index in [1.807, 2.05) is 55.5 Å². The number of rotatable bonds is 3. The monoisotopic (exact) mass is 945 g/mol. The molecule has 4 bridgehead atoms. The maximum Gasteiger partial charge on any atom is 0.328 e. The molecule has 0 radical (unpaired) electrons. The lowest BCUT2D eigenvalue weighted by molar-refractivity contribution is -0.150. The second-order valence-corrected chi connectivity index (χ2v) is 20.2. The number of carbonyl (C=O) groups excluding carboxylic acids is 4. The average Bonchev–Trinajstić information content (AvgIpc) is 4.26. The van der Waals surface area contributed by atoms with Gasteiger partial charge in [0.05, 0.1) is 51.9 Å². The first-order chi connectivity index (χ1) is 34.5. The van der Waals surface area contributed by atoms with E-state index in [9.17, 15) is 19.2 Å². The number of primary amides is 1. The van der Waals surface area contributed by atoms with E-state index < -0.39 is 17.0 Å². The first-order valence-corrected chi connectivity index (χ1v) is 24.7. The van der Waals surface area contributed by atoms with Gasteiger partial charge in [-0.05, 0) is 74.9 Å². The maximum absolute atomic E-state index is 13.4. The molecule has 356 valence electrons. The van der Waals surface area contributed by atoms with E-state index in [0.29, 0.717) is 39.0 Å². The number of aromatic nitrogens is 4. The standard InChI is InChI=1S/C28H24N4O3.C26H21N5O2.C2H6O/c1-2-35-27(34)28(29)12-14-11-20(28)32-19-10-6-3-7-15(19)21-17-13-30-26(33)23(17)22-16-8-4-5-9-18(16)31(14)25(22)24(21)32;27-25(33)26(28)10-12-9-18(26)31-17-8-4-1-5-13(17)19-15-11-29-24(32)21(15)20-14-6-2-3-7-16(14)30(12)23(20)22(19)31;1-2-3/h3-10,14,20H,2,11-13,29H2,1H3,(H,30,33);1-8,12,18H,9-11,28H2,(H2,27,33)(H,29,32);3H,2H2,1H3/t14-,20+,28-;12-,18+,26-;/m11./s1.